The molecular weight excluding hydrogens is 254 g/mol. The Morgan fingerprint density at radius 1 is 1.24 bits per heavy atom. The monoisotopic (exact) mass is 267 g/mol. The number of hydrogen-bond acceptors (Lipinski definition) is 4. The van der Waals surface area contributed by atoms with Gasteiger partial charge in [0.1, 0.15) is 5.52 Å². The highest BCUT2D eigenvalue weighted by molar-refractivity contribution is 7.22. The van der Waals surface area contributed by atoms with E-state index in [1.807, 2.05) is 12.1 Å². The minimum Gasteiger partial charge on any atom is -0.345 e. The second-order valence-corrected chi connectivity index (χ2v) is 5.79. The Labute approximate surface area is 110 Å². The van der Waals surface area contributed by atoms with Crippen LogP contribution in [0, 0.1) is 0 Å². The van der Waals surface area contributed by atoms with Crippen molar-refractivity contribution in [2.75, 3.05) is 38.1 Å². The summed E-state index contributed by atoms with van der Waals surface area (Å²) < 4.78 is 1.17. The predicted molar refractivity (Wildman–Crippen MR) is 74.3 cm³/mol. The highest BCUT2D eigenvalue weighted by Crippen LogP contribution is 2.32. The zero-order valence-corrected chi connectivity index (χ0v) is 11.3. The van der Waals surface area contributed by atoms with Gasteiger partial charge in [0.05, 0.1) is 9.72 Å². The van der Waals surface area contributed by atoms with E-state index >= 15 is 0 Å². The maximum atomic E-state index is 6.15. The standard InChI is InChI=1S/C12H14ClN3S/c1-15-5-7-16(8-6-15)12-14-11-9(13)3-2-4-10(11)17-12/h2-4H,5-8H2,1H3. The second kappa shape index (κ2) is 4.44. The molecule has 1 saturated heterocycles. The molecule has 1 aliphatic heterocycles. The molecule has 17 heavy (non-hydrogen) atoms. The van der Waals surface area contributed by atoms with Crippen LogP contribution in [-0.2, 0) is 0 Å². The molecule has 0 radical (unpaired) electrons. The average molecular weight is 268 g/mol. The molecule has 1 aliphatic rings. The Hall–Kier alpha value is -0.840. The van der Waals surface area contributed by atoms with Gasteiger partial charge in [0, 0.05) is 26.2 Å². The lowest BCUT2D eigenvalue weighted by Crippen LogP contribution is -2.44. The Bertz CT molecular complexity index is 532. The van der Waals surface area contributed by atoms with Crippen molar-refractivity contribution in [3.05, 3.63) is 23.2 Å². The lowest BCUT2D eigenvalue weighted by atomic mass is 10.3. The number of nitrogens with zero attached hydrogens (tertiary/aromatic N) is 3. The van der Waals surface area contributed by atoms with Crippen LogP contribution in [0.1, 0.15) is 0 Å². The van der Waals surface area contributed by atoms with Crippen molar-refractivity contribution in [3.63, 3.8) is 0 Å². The van der Waals surface area contributed by atoms with Crippen LogP contribution < -0.4 is 4.90 Å². The van der Waals surface area contributed by atoms with Gasteiger partial charge in [-0.25, -0.2) is 4.98 Å². The van der Waals surface area contributed by atoms with E-state index in [4.69, 9.17) is 11.6 Å². The molecule has 0 spiro atoms. The highest BCUT2D eigenvalue weighted by atomic mass is 35.5. The molecule has 1 fully saturated rings. The topological polar surface area (TPSA) is 19.4 Å². The minimum atomic E-state index is 0.749. The van der Waals surface area contributed by atoms with Crippen molar-refractivity contribution < 1.29 is 0 Å². The third-order valence-electron chi connectivity index (χ3n) is 3.13. The van der Waals surface area contributed by atoms with Crippen LogP contribution in [0.15, 0.2) is 18.2 Å². The Balaban J connectivity index is 1.93. The van der Waals surface area contributed by atoms with Crippen LogP contribution in [0.5, 0.6) is 0 Å². The van der Waals surface area contributed by atoms with E-state index in [2.05, 4.69) is 27.9 Å². The van der Waals surface area contributed by atoms with E-state index in [9.17, 15) is 0 Å². The van der Waals surface area contributed by atoms with Gasteiger partial charge in [-0.05, 0) is 19.2 Å². The summed E-state index contributed by atoms with van der Waals surface area (Å²) in [5, 5.41) is 1.85. The summed E-state index contributed by atoms with van der Waals surface area (Å²) in [6.45, 7) is 4.30. The fraction of sp³-hybridized carbons (Fsp3) is 0.417. The molecule has 3 rings (SSSR count). The van der Waals surface area contributed by atoms with E-state index in [0.717, 1.165) is 41.8 Å². The fourth-order valence-electron chi connectivity index (χ4n) is 2.04. The van der Waals surface area contributed by atoms with Crippen molar-refractivity contribution in [1.82, 2.24) is 9.88 Å². The molecule has 0 atom stereocenters. The summed E-state index contributed by atoms with van der Waals surface area (Å²) in [7, 11) is 2.16. The van der Waals surface area contributed by atoms with Crippen molar-refractivity contribution >= 4 is 38.3 Å². The van der Waals surface area contributed by atoms with Gasteiger partial charge >= 0.3 is 0 Å². The first-order valence-electron chi connectivity index (χ1n) is 5.72. The van der Waals surface area contributed by atoms with Crippen molar-refractivity contribution in [2.45, 2.75) is 0 Å². The quantitative estimate of drug-likeness (QED) is 0.792. The maximum absolute atomic E-state index is 6.15. The minimum absolute atomic E-state index is 0.749. The molecule has 0 amide bonds. The smallest absolute Gasteiger partial charge is 0.186 e. The van der Waals surface area contributed by atoms with Gasteiger partial charge in [-0.1, -0.05) is 29.0 Å². The lowest BCUT2D eigenvalue weighted by Gasteiger charge is -2.32. The van der Waals surface area contributed by atoms with Crippen LogP contribution >= 0.6 is 22.9 Å². The predicted octanol–water partition coefficient (Wildman–Crippen LogP) is 2.70. The lowest BCUT2D eigenvalue weighted by molar-refractivity contribution is 0.313. The number of benzene rings is 1. The highest BCUT2D eigenvalue weighted by Gasteiger charge is 2.18. The van der Waals surface area contributed by atoms with E-state index in [0.29, 0.717) is 0 Å². The first-order chi connectivity index (χ1) is 8.24. The van der Waals surface area contributed by atoms with Crippen LogP contribution in [0.25, 0.3) is 10.2 Å². The molecular formula is C12H14ClN3S. The number of anilines is 1. The van der Waals surface area contributed by atoms with E-state index in [-0.39, 0.29) is 0 Å². The van der Waals surface area contributed by atoms with Gasteiger partial charge in [0.15, 0.2) is 5.13 Å². The van der Waals surface area contributed by atoms with Gasteiger partial charge in [0.2, 0.25) is 0 Å². The fourth-order valence-corrected chi connectivity index (χ4v) is 3.35. The number of rotatable bonds is 1. The van der Waals surface area contributed by atoms with Crippen molar-refractivity contribution in [1.29, 1.82) is 0 Å². The Kier molecular flexibility index (Phi) is 2.94. The summed E-state index contributed by atoms with van der Waals surface area (Å²) in [4.78, 5) is 9.35. The van der Waals surface area contributed by atoms with Crippen molar-refractivity contribution in [2.24, 2.45) is 0 Å². The molecule has 0 N–H and O–H groups in total. The van der Waals surface area contributed by atoms with Gasteiger partial charge in [-0.15, -0.1) is 0 Å². The number of likely N-dealkylation sites (N-methyl/N-ethyl adjacent to an activating group) is 1. The van der Waals surface area contributed by atoms with E-state index in [1.165, 1.54) is 4.70 Å². The Morgan fingerprint density at radius 2 is 2.00 bits per heavy atom. The molecule has 0 saturated carbocycles. The number of para-hydroxylation sites is 1. The molecule has 0 bridgehead atoms. The molecule has 2 aromatic rings. The van der Waals surface area contributed by atoms with Gasteiger partial charge in [-0.2, -0.15) is 0 Å². The number of hydrogen-bond donors (Lipinski definition) is 0. The molecule has 90 valence electrons. The number of fused-ring (bicyclic) bond motifs is 1. The van der Waals surface area contributed by atoms with Gasteiger partial charge in [-0.3, -0.25) is 0 Å². The summed E-state index contributed by atoms with van der Waals surface area (Å²) in [6.07, 6.45) is 0. The van der Waals surface area contributed by atoms with Crippen LogP contribution in [0.2, 0.25) is 5.02 Å². The molecule has 3 nitrogen and oxygen atoms in total. The van der Waals surface area contributed by atoms with Gasteiger partial charge < -0.3 is 9.80 Å². The van der Waals surface area contributed by atoms with Crippen LogP contribution in [0.3, 0.4) is 0 Å². The molecule has 1 aromatic heterocycles. The maximum Gasteiger partial charge on any atom is 0.186 e. The Morgan fingerprint density at radius 3 is 2.71 bits per heavy atom. The SMILES string of the molecule is CN1CCN(c2nc3c(Cl)cccc3s2)CC1. The molecule has 0 aliphatic carbocycles. The first kappa shape index (κ1) is 11.3. The number of piperazine rings is 1. The largest absolute Gasteiger partial charge is 0.345 e. The van der Waals surface area contributed by atoms with E-state index < -0.39 is 0 Å². The molecule has 1 aromatic carbocycles. The van der Waals surface area contributed by atoms with Crippen LogP contribution in [-0.4, -0.2) is 43.1 Å². The summed E-state index contributed by atoms with van der Waals surface area (Å²) in [5.41, 5.74) is 0.938. The average Bonchev–Trinajstić information content (AvgIpc) is 2.75. The summed E-state index contributed by atoms with van der Waals surface area (Å²) in [5.74, 6) is 0. The van der Waals surface area contributed by atoms with Gasteiger partial charge in [0.25, 0.3) is 0 Å². The first-order valence-corrected chi connectivity index (χ1v) is 6.92. The zero-order valence-electron chi connectivity index (χ0n) is 9.69. The second-order valence-electron chi connectivity index (χ2n) is 4.37. The number of aromatic nitrogens is 1. The normalized spacial score (nSPS) is 17.9. The van der Waals surface area contributed by atoms with Crippen molar-refractivity contribution in [3.8, 4) is 0 Å². The number of thiazole rings is 1. The zero-order chi connectivity index (χ0) is 11.8. The summed E-state index contributed by atoms with van der Waals surface area (Å²) in [6, 6.07) is 5.96. The van der Waals surface area contributed by atoms with Crippen LogP contribution in [0.4, 0.5) is 5.13 Å². The molecule has 5 heteroatoms. The number of halogens is 1. The molecule has 0 unspecified atom stereocenters. The summed E-state index contributed by atoms with van der Waals surface area (Å²) >= 11 is 7.88. The molecule has 2 heterocycles. The third-order valence-corrected chi connectivity index (χ3v) is 4.52. The third kappa shape index (κ3) is 2.12. The van der Waals surface area contributed by atoms with E-state index in [1.54, 1.807) is 11.3 Å².